The molecule has 0 aliphatic carbocycles. The zero-order valence-corrected chi connectivity index (χ0v) is 10.6. The summed E-state index contributed by atoms with van der Waals surface area (Å²) in [4.78, 5) is 15.9. The van der Waals surface area contributed by atoms with Crippen LogP contribution in [0.25, 0.3) is 0 Å². The van der Waals surface area contributed by atoms with Gasteiger partial charge in [0.15, 0.2) is 0 Å². The van der Waals surface area contributed by atoms with Crippen molar-refractivity contribution in [1.29, 1.82) is 0 Å². The Hall–Kier alpha value is -1.62. The molecule has 94 valence electrons. The number of nitrogens with zero attached hydrogens (tertiary/aromatic N) is 1. The molecule has 0 aliphatic rings. The number of carbonyl (C=O) groups is 1. The van der Waals surface area contributed by atoms with E-state index >= 15 is 0 Å². The van der Waals surface area contributed by atoms with E-state index in [0.29, 0.717) is 12.4 Å². The summed E-state index contributed by atoms with van der Waals surface area (Å²) in [6, 6.07) is 5.12. The minimum absolute atomic E-state index is 0.227. The number of amides is 2. The van der Waals surface area contributed by atoms with E-state index in [2.05, 4.69) is 15.6 Å². The number of urea groups is 1. The Morgan fingerprint density at radius 1 is 1.47 bits per heavy atom. The second-order valence-electron chi connectivity index (χ2n) is 4.53. The molecule has 17 heavy (non-hydrogen) atoms. The number of aromatic nitrogens is 1. The number of hydrogen-bond acceptors (Lipinski definition) is 3. The van der Waals surface area contributed by atoms with Crippen LogP contribution in [-0.4, -0.2) is 16.6 Å². The van der Waals surface area contributed by atoms with E-state index in [9.17, 15) is 4.79 Å². The minimum Gasteiger partial charge on any atom is -0.333 e. The molecule has 0 unspecified atom stereocenters. The van der Waals surface area contributed by atoms with E-state index in [1.165, 1.54) is 0 Å². The molecule has 0 bridgehead atoms. The van der Waals surface area contributed by atoms with Crippen LogP contribution in [0.4, 0.5) is 10.6 Å². The number of carbonyl (C=O) groups excluding carboxylic acids is 1. The van der Waals surface area contributed by atoms with Crippen molar-refractivity contribution in [3.05, 3.63) is 23.9 Å². The SMILES string of the molecule is CCC(C)(C)NC(=O)Nc1cccc(CN)n1. The maximum Gasteiger partial charge on any atom is 0.320 e. The highest BCUT2D eigenvalue weighted by atomic mass is 16.2. The van der Waals surface area contributed by atoms with Crippen molar-refractivity contribution in [3.63, 3.8) is 0 Å². The van der Waals surface area contributed by atoms with E-state index in [4.69, 9.17) is 5.73 Å². The highest BCUT2D eigenvalue weighted by molar-refractivity contribution is 5.88. The number of nitrogens with one attached hydrogen (secondary N) is 2. The summed E-state index contributed by atoms with van der Waals surface area (Å²) in [5, 5.41) is 5.56. The highest BCUT2D eigenvalue weighted by Crippen LogP contribution is 2.08. The fraction of sp³-hybridized carbons (Fsp3) is 0.500. The van der Waals surface area contributed by atoms with Gasteiger partial charge in [-0.3, -0.25) is 5.32 Å². The Bertz CT molecular complexity index is 390. The predicted molar refractivity (Wildman–Crippen MR) is 68.7 cm³/mol. The molecule has 0 fully saturated rings. The van der Waals surface area contributed by atoms with Crippen molar-refractivity contribution >= 4 is 11.8 Å². The third kappa shape index (κ3) is 4.40. The van der Waals surface area contributed by atoms with Gasteiger partial charge in [0.2, 0.25) is 0 Å². The maximum absolute atomic E-state index is 11.7. The van der Waals surface area contributed by atoms with Gasteiger partial charge in [0.05, 0.1) is 5.69 Å². The predicted octanol–water partition coefficient (Wildman–Crippen LogP) is 1.85. The normalized spacial score (nSPS) is 11.1. The molecule has 1 aromatic heterocycles. The van der Waals surface area contributed by atoms with Crippen LogP contribution in [0, 0.1) is 0 Å². The Kier molecular flexibility index (Phi) is 4.45. The van der Waals surface area contributed by atoms with E-state index in [0.717, 1.165) is 12.1 Å². The molecule has 5 heteroatoms. The number of anilines is 1. The summed E-state index contributed by atoms with van der Waals surface area (Å²) >= 11 is 0. The van der Waals surface area contributed by atoms with Gasteiger partial charge in [0.1, 0.15) is 5.82 Å². The van der Waals surface area contributed by atoms with E-state index in [1.54, 1.807) is 6.07 Å². The van der Waals surface area contributed by atoms with Crippen molar-refractivity contribution < 1.29 is 4.79 Å². The first-order chi connectivity index (χ1) is 7.96. The van der Waals surface area contributed by atoms with Crippen LogP contribution in [0.15, 0.2) is 18.2 Å². The Morgan fingerprint density at radius 2 is 2.18 bits per heavy atom. The van der Waals surface area contributed by atoms with Crippen LogP contribution in [0.2, 0.25) is 0 Å². The van der Waals surface area contributed by atoms with E-state index in [1.807, 2.05) is 32.9 Å². The van der Waals surface area contributed by atoms with Crippen molar-refractivity contribution in [1.82, 2.24) is 10.3 Å². The Morgan fingerprint density at radius 3 is 2.76 bits per heavy atom. The molecule has 0 spiro atoms. The van der Waals surface area contributed by atoms with Crippen LogP contribution in [0.1, 0.15) is 32.9 Å². The Labute approximate surface area is 102 Å². The largest absolute Gasteiger partial charge is 0.333 e. The van der Waals surface area contributed by atoms with Gasteiger partial charge in [0.25, 0.3) is 0 Å². The molecule has 1 heterocycles. The van der Waals surface area contributed by atoms with Crippen LogP contribution in [-0.2, 0) is 6.54 Å². The minimum atomic E-state index is -0.251. The van der Waals surface area contributed by atoms with Gasteiger partial charge in [-0.15, -0.1) is 0 Å². The zero-order chi connectivity index (χ0) is 12.9. The molecule has 0 radical (unpaired) electrons. The number of nitrogens with two attached hydrogens (primary N) is 1. The molecule has 0 aliphatic heterocycles. The quantitative estimate of drug-likeness (QED) is 0.746. The molecule has 2 amide bonds. The van der Waals surface area contributed by atoms with E-state index in [-0.39, 0.29) is 11.6 Å². The summed E-state index contributed by atoms with van der Waals surface area (Å²) in [6.07, 6.45) is 0.858. The molecular formula is C12H20N4O. The summed E-state index contributed by atoms with van der Waals surface area (Å²) in [6.45, 7) is 6.32. The average Bonchev–Trinajstić information content (AvgIpc) is 2.28. The van der Waals surface area contributed by atoms with Gasteiger partial charge in [-0.1, -0.05) is 13.0 Å². The fourth-order valence-corrected chi connectivity index (χ4v) is 1.21. The lowest BCUT2D eigenvalue weighted by atomic mass is 10.0. The lowest BCUT2D eigenvalue weighted by molar-refractivity contribution is 0.240. The van der Waals surface area contributed by atoms with Crippen molar-refractivity contribution in [3.8, 4) is 0 Å². The van der Waals surface area contributed by atoms with Crippen LogP contribution < -0.4 is 16.4 Å². The molecule has 5 nitrogen and oxygen atoms in total. The van der Waals surface area contributed by atoms with Gasteiger partial charge in [0, 0.05) is 12.1 Å². The standard InChI is InChI=1S/C12H20N4O/c1-4-12(2,3)16-11(17)15-10-7-5-6-9(8-13)14-10/h5-7H,4,8,13H2,1-3H3,(H2,14,15,16,17). The van der Waals surface area contributed by atoms with Crippen LogP contribution in [0.5, 0.6) is 0 Å². The van der Waals surface area contributed by atoms with Crippen LogP contribution >= 0.6 is 0 Å². The molecule has 1 rings (SSSR count). The van der Waals surface area contributed by atoms with Gasteiger partial charge in [-0.2, -0.15) is 0 Å². The molecule has 4 N–H and O–H groups in total. The molecule has 0 saturated carbocycles. The summed E-state index contributed by atoms with van der Waals surface area (Å²) in [7, 11) is 0. The topological polar surface area (TPSA) is 80.0 Å². The monoisotopic (exact) mass is 236 g/mol. The summed E-state index contributed by atoms with van der Waals surface area (Å²) in [5.41, 5.74) is 6.00. The lowest BCUT2D eigenvalue weighted by Gasteiger charge is -2.24. The van der Waals surface area contributed by atoms with Gasteiger partial charge in [-0.05, 0) is 32.4 Å². The maximum atomic E-state index is 11.7. The number of rotatable bonds is 4. The number of pyridine rings is 1. The van der Waals surface area contributed by atoms with E-state index < -0.39 is 0 Å². The van der Waals surface area contributed by atoms with Crippen molar-refractivity contribution in [2.24, 2.45) is 5.73 Å². The molecule has 1 aromatic rings. The van der Waals surface area contributed by atoms with Gasteiger partial charge in [-0.25, -0.2) is 9.78 Å². The van der Waals surface area contributed by atoms with Crippen molar-refractivity contribution in [2.45, 2.75) is 39.3 Å². The number of hydrogen-bond donors (Lipinski definition) is 3. The molecule has 0 atom stereocenters. The second kappa shape index (κ2) is 5.63. The fourth-order valence-electron chi connectivity index (χ4n) is 1.21. The second-order valence-corrected chi connectivity index (χ2v) is 4.53. The third-order valence-corrected chi connectivity index (χ3v) is 2.59. The highest BCUT2D eigenvalue weighted by Gasteiger charge is 2.17. The summed E-state index contributed by atoms with van der Waals surface area (Å²) < 4.78 is 0. The van der Waals surface area contributed by atoms with Crippen LogP contribution in [0.3, 0.4) is 0 Å². The lowest BCUT2D eigenvalue weighted by Crippen LogP contribution is -2.45. The zero-order valence-electron chi connectivity index (χ0n) is 10.6. The van der Waals surface area contributed by atoms with Gasteiger partial charge < -0.3 is 11.1 Å². The first-order valence-corrected chi connectivity index (χ1v) is 5.72. The first kappa shape index (κ1) is 13.4. The van der Waals surface area contributed by atoms with Crippen molar-refractivity contribution in [2.75, 3.05) is 5.32 Å². The smallest absolute Gasteiger partial charge is 0.320 e. The molecule has 0 aromatic carbocycles. The molecular weight excluding hydrogens is 216 g/mol. The average molecular weight is 236 g/mol. The Balaban J connectivity index is 2.62. The summed E-state index contributed by atoms with van der Waals surface area (Å²) in [5.74, 6) is 0.511. The molecule has 0 saturated heterocycles. The third-order valence-electron chi connectivity index (χ3n) is 2.59. The first-order valence-electron chi connectivity index (χ1n) is 5.72. The van der Waals surface area contributed by atoms with Gasteiger partial charge >= 0.3 is 6.03 Å².